The van der Waals surface area contributed by atoms with E-state index in [1.807, 2.05) is 25.1 Å². The van der Waals surface area contributed by atoms with Crippen molar-refractivity contribution in [1.29, 1.82) is 0 Å². The summed E-state index contributed by atoms with van der Waals surface area (Å²) < 4.78 is 5.27. The number of aliphatic imine (C=N–C) groups is 1. The smallest absolute Gasteiger partial charge is 0.244 e. The summed E-state index contributed by atoms with van der Waals surface area (Å²) in [7, 11) is 1.75. The molecule has 0 saturated carbocycles. The molecule has 0 aromatic carbocycles. The van der Waals surface area contributed by atoms with Gasteiger partial charge in [0, 0.05) is 38.4 Å². The highest BCUT2D eigenvalue weighted by Gasteiger charge is 2.26. The molecule has 2 aromatic heterocycles. The quantitative estimate of drug-likeness (QED) is 0.440. The average molecular weight is 387 g/mol. The van der Waals surface area contributed by atoms with Gasteiger partial charge in [0.05, 0.1) is 12.8 Å². The number of amides is 1. The fraction of sp³-hybridized carbons (Fsp3) is 0.450. The Morgan fingerprint density at radius 2 is 2.14 bits per heavy atom. The van der Waals surface area contributed by atoms with Gasteiger partial charge < -0.3 is 25.1 Å². The molecule has 1 amide bonds. The van der Waals surface area contributed by atoms with Crippen molar-refractivity contribution in [2.75, 3.05) is 33.2 Å². The minimum Gasteiger partial charge on any atom is -0.466 e. The molecule has 0 fully saturated rings. The molecule has 1 unspecified atom stereocenters. The molecule has 8 heteroatoms. The van der Waals surface area contributed by atoms with E-state index in [4.69, 9.17) is 4.42 Å². The van der Waals surface area contributed by atoms with Crippen LogP contribution in [0.25, 0.3) is 0 Å². The van der Waals surface area contributed by atoms with E-state index in [2.05, 4.69) is 20.6 Å². The van der Waals surface area contributed by atoms with E-state index < -0.39 is 5.60 Å². The molecule has 2 heterocycles. The van der Waals surface area contributed by atoms with Gasteiger partial charge >= 0.3 is 0 Å². The van der Waals surface area contributed by atoms with Crippen LogP contribution in [0.5, 0.6) is 0 Å². The minimum absolute atomic E-state index is 0.0109. The number of hydrogen-bond acceptors (Lipinski definition) is 5. The molecular formula is C20H29N5O3. The number of aromatic nitrogens is 1. The Morgan fingerprint density at radius 3 is 2.79 bits per heavy atom. The summed E-state index contributed by atoms with van der Waals surface area (Å²) in [5.41, 5.74) is -0.246. The van der Waals surface area contributed by atoms with Crippen molar-refractivity contribution in [3.05, 3.63) is 54.2 Å². The van der Waals surface area contributed by atoms with Crippen molar-refractivity contribution >= 4 is 11.9 Å². The first-order chi connectivity index (χ1) is 13.4. The minimum atomic E-state index is -1.19. The first-order valence-corrected chi connectivity index (χ1v) is 9.35. The highest BCUT2D eigenvalue weighted by atomic mass is 16.4. The first-order valence-electron chi connectivity index (χ1n) is 9.35. The van der Waals surface area contributed by atoms with Crippen LogP contribution < -0.4 is 10.6 Å². The molecule has 3 N–H and O–H groups in total. The van der Waals surface area contributed by atoms with Crippen molar-refractivity contribution in [3.63, 3.8) is 0 Å². The van der Waals surface area contributed by atoms with Crippen LogP contribution in [0.1, 0.15) is 25.3 Å². The van der Waals surface area contributed by atoms with E-state index in [0.29, 0.717) is 31.2 Å². The summed E-state index contributed by atoms with van der Waals surface area (Å²) in [5, 5.41) is 16.6. The van der Waals surface area contributed by atoms with Gasteiger partial charge in [0.1, 0.15) is 17.9 Å². The Morgan fingerprint density at radius 1 is 1.32 bits per heavy atom. The monoisotopic (exact) mass is 387 g/mol. The van der Waals surface area contributed by atoms with E-state index in [-0.39, 0.29) is 19.0 Å². The number of guanidine groups is 1. The molecule has 1 atom stereocenters. The number of carbonyl (C=O) groups excluding carboxylic acids is 1. The zero-order valence-corrected chi connectivity index (χ0v) is 16.7. The van der Waals surface area contributed by atoms with Gasteiger partial charge in [-0.15, -0.1) is 0 Å². The third-order valence-corrected chi connectivity index (χ3v) is 4.22. The molecule has 8 nitrogen and oxygen atoms in total. The van der Waals surface area contributed by atoms with Crippen molar-refractivity contribution in [1.82, 2.24) is 20.5 Å². The molecule has 2 rings (SSSR count). The maximum Gasteiger partial charge on any atom is 0.244 e. The Bertz CT molecular complexity index is 744. The van der Waals surface area contributed by atoms with Gasteiger partial charge in [0.15, 0.2) is 5.96 Å². The lowest BCUT2D eigenvalue weighted by atomic mass is 10.0. The third-order valence-electron chi connectivity index (χ3n) is 4.22. The van der Waals surface area contributed by atoms with Crippen LogP contribution in [0.15, 0.2) is 52.2 Å². The number of furan rings is 1. The van der Waals surface area contributed by atoms with Crippen LogP contribution >= 0.6 is 0 Å². The van der Waals surface area contributed by atoms with E-state index >= 15 is 0 Å². The Balaban J connectivity index is 1.85. The summed E-state index contributed by atoms with van der Waals surface area (Å²) in [6.07, 6.45) is 3.95. The third kappa shape index (κ3) is 6.70. The number of hydrogen-bond donors (Lipinski definition) is 3. The summed E-state index contributed by atoms with van der Waals surface area (Å²) in [5.74, 6) is 0.827. The lowest BCUT2D eigenvalue weighted by molar-refractivity contribution is -0.128. The largest absolute Gasteiger partial charge is 0.466 e. The molecule has 0 aliphatic heterocycles. The molecule has 0 radical (unpaired) electrons. The Labute approximate surface area is 165 Å². The molecule has 0 saturated heterocycles. The highest BCUT2D eigenvalue weighted by molar-refractivity contribution is 5.84. The van der Waals surface area contributed by atoms with Crippen molar-refractivity contribution in [2.45, 2.75) is 25.9 Å². The Kier molecular flexibility index (Phi) is 8.01. The second-order valence-electron chi connectivity index (χ2n) is 6.69. The first kappa shape index (κ1) is 21.4. The molecule has 0 aliphatic rings. The molecule has 2 aromatic rings. The number of carbonyl (C=O) groups is 1. The zero-order valence-electron chi connectivity index (χ0n) is 16.7. The number of likely N-dealkylation sites (N-methyl/N-ethyl adjacent to an activating group) is 1. The predicted octanol–water partition coefficient (Wildman–Crippen LogP) is 1.14. The van der Waals surface area contributed by atoms with Gasteiger partial charge in [-0.1, -0.05) is 6.07 Å². The highest BCUT2D eigenvalue weighted by Crippen LogP contribution is 2.19. The fourth-order valence-electron chi connectivity index (χ4n) is 2.49. The normalized spacial score (nSPS) is 13.6. The second-order valence-corrected chi connectivity index (χ2v) is 6.69. The Hall–Kier alpha value is -2.87. The summed E-state index contributed by atoms with van der Waals surface area (Å²) >= 11 is 0. The zero-order chi connectivity index (χ0) is 20.4. The summed E-state index contributed by atoms with van der Waals surface area (Å²) in [6, 6.07) is 9.18. The number of nitrogens with zero attached hydrogens (tertiary/aromatic N) is 3. The maximum atomic E-state index is 12.3. The van der Waals surface area contributed by atoms with E-state index in [9.17, 15) is 9.90 Å². The lowest BCUT2D eigenvalue weighted by Crippen LogP contribution is -2.45. The van der Waals surface area contributed by atoms with E-state index in [1.54, 1.807) is 37.2 Å². The average Bonchev–Trinajstić information content (AvgIpc) is 3.24. The van der Waals surface area contributed by atoms with Crippen molar-refractivity contribution in [2.24, 2.45) is 4.99 Å². The van der Waals surface area contributed by atoms with Crippen LogP contribution in [0.2, 0.25) is 0 Å². The number of rotatable bonds is 9. The topological polar surface area (TPSA) is 103 Å². The molecule has 0 spiro atoms. The maximum absolute atomic E-state index is 12.3. The lowest BCUT2D eigenvalue weighted by Gasteiger charge is -2.23. The van der Waals surface area contributed by atoms with Crippen molar-refractivity contribution in [3.8, 4) is 0 Å². The van der Waals surface area contributed by atoms with Gasteiger partial charge in [-0.3, -0.25) is 9.78 Å². The van der Waals surface area contributed by atoms with Gasteiger partial charge in [-0.25, -0.2) is 4.99 Å². The van der Waals surface area contributed by atoms with Crippen LogP contribution in [0.3, 0.4) is 0 Å². The molecule has 0 bridgehead atoms. The van der Waals surface area contributed by atoms with Crippen LogP contribution in [-0.2, 0) is 16.8 Å². The van der Waals surface area contributed by atoms with E-state index in [0.717, 1.165) is 5.69 Å². The SMILES string of the molecule is CCNC(=NCC(=O)N(C)CCc1ccccn1)NCC(C)(O)c1ccco1. The number of nitrogens with one attached hydrogen (secondary N) is 2. The number of aliphatic hydroxyl groups is 1. The molecule has 28 heavy (non-hydrogen) atoms. The predicted molar refractivity (Wildman–Crippen MR) is 108 cm³/mol. The summed E-state index contributed by atoms with van der Waals surface area (Å²) in [4.78, 5) is 22.6. The molecular weight excluding hydrogens is 358 g/mol. The van der Waals surface area contributed by atoms with Gasteiger partial charge in [0.25, 0.3) is 0 Å². The van der Waals surface area contributed by atoms with Gasteiger partial charge in [-0.05, 0) is 38.1 Å². The second kappa shape index (κ2) is 10.5. The van der Waals surface area contributed by atoms with E-state index in [1.165, 1.54) is 6.26 Å². The van der Waals surface area contributed by atoms with Gasteiger partial charge in [0.2, 0.25) is 5.91 Å². The van der Waals surface area contributed by atoms with Crippen molar-refractivity contribution < 1.29 is 14.3 Å². The fourth-order valence-corrected chi connectivity index (χ4v) is 2.49. The molecule has 0 aliphatic carbocycles. The van der Waals surface area contributed by atoms with Crippen LogP contribution in [0.4, 0.5) is 0 Å². The summed E-state index contributed by atoms with van der Waals surface area (Å²) in [6.45, 7) is 5.00. The standard InChI is InChI=1S/C20H29N5O3/c1-4-21-19(24-15-20(2,27)17-9-7-13-28-17)23-14-18(26)25(3)12-10-16-8-5-6-11-22-16/h5-9,11,13,27H,4,10,12,14-15H2,1-3H3,(H2,21,23,24). The van der Waals surface area contributed by atoms with Gasteiger partial charge in [-0.2, -0.15) is 0 Å². The van der Waals surface area contributed by atoms with Crippen LogP contribution in [-0.4, -0.2) is 60.1 Å². The number of pyridine rings is 1. The van der Waals surface area contributed by atoms with Crippen LogP contribution in [0, 0.1) is 0 Å². The molecule has 152 valence electrons.